The first-order valence-corrected chi connectivity index (χ1v) is 9.82. The van der Waals surface area contributed by atoms with Crippen LogP contribution in [-0.2, 0) is 19.6 Å². The van der Waals surface area contributed by atoms with Gasteiger partial charge in [0.15, 0.2) is 11.5 Å². The van der Waals surface area contributed by atoms with E-state index in [0.717, 1.165) is 18.2 Å². The summed E-state index contributed by atoms with van der Waals surface area (Å²) < 4.78 is 52.4. The maximum atomic E-state index is 13.8. The van der Waals surface area contributed by atoms with Crippen molar-refractivity contribution in [1.29, 1.82) is 0 Å². The number of rotatable bonds is 8. The molecule has 0 saturated heterocycles. The van der Waals surface area contributed by atoms with Crippen LogP contribution in [0.1, 0.15) is 12.5 Å². The summed E-state index contributed by atoms with van der Waals surface area (Å²) in [4.78, 5) is 21.6. The van der Waals surface area contributed by atoms with Crippen LogP contribution in [0.4, 0.5) is 15.8 Å². The summed E-state index contributed by atoms with van der Waals surface area (Å²) in [5, 5.41) is 11.1. The number of aliphatic carboxylic acids is 1. The fourth-order valence-electron chi connectivity index (χ4n) is 2.50. The lowest BCUT2D eigenvalue weighted by molar-refractivity contribution is -0.131. The molecule has 3 N–H and O–H groups in total. The van der Waals surface area contributed by atoms with Crippen LogP contribution in [0.2, 0.25) is 0 Å². The molecule has 0 bridgehead atoms. The van der Waals surface area contributed by atoms with E-state index >= 15 is 0 Å². The summed E-state index contributed by atoms with van der Waals surface area (Å²) in [5.41, 5.74) is 0.00602. The number of anilines is 2. The number of benzene rings is 2. The third-order valence-electron chi connectivity index (χ3n) is 3.70. The first kappa shape index (κ1) is 22.7. The van der Waals surface area contributed by atoms with Gasteiger partial charge in [-0.1, -0.05) is 0 Å². The predicted molar refractivity (Wildman–Crippen MR) is 108 cm³/mol. The van der Waals surface area contributed by atoms with Gasteiger partial charge in [-0.2, -0.15) is 0 Å². The van der Waals surface area contributed by atoms with Gasteiger partial charge in [-0.3, -0.25) is 9.52 Å². The van der Waals surface area contributed by atoms with E-state index in [2.05, 4.69) is 10.0 Å². The highest BCUT2D eigenvalue weighted by Gasteiger charge is 2.24. The molecule has 0 aliphatic carbocycles. The summed E-state index contributed by atoms with van der Waals surface area (Å²) in [6, 6.07) is 5.89. The molecule has 0 saturated carbocycles. The fourth-order valence-corrected chi connectivity index (χ4v) is 3.76. The highest BCUT2D eigenvalue weighted by atomic mass is 32.2. The first-order chi connectivity index (χ1) is 14.1. The molecule has 2 aromatic carbocycles. The van der Waals surface area contributed by atoms with Gasteiger partial charge in [0, 0.05) is 13.0 Å². The van der Waals surface area contributed by atoms with Gasteiger partial charge in [0.25, 0.3) is 10.0 Å². The molecule has 0 radical (unpaired) electrons. The molecule has 0 aromatic heterocycles. The Morgan fingerprint density at radius 3 is 2.40 bits per heavy atom. The quantitative estimate of drug-likeness (QED) is 0.540. The molecule has 0 aliphatic rings. The van der Waals surface area contributed by atoms with Gasteiger partial charge in [0.05, 0.1) is 25.6 Å². The second kappa shape index (κ2) is 9.27. The van der Waals surface area contributed by atoms with Crippen molar-refractivity contribution in [3.8, 4) is 11.5 Å². The summed E-state index contributed by atoms with van der Waals surface area (Å²) in [7, 11) is -1.74. The Morgan fingerprint density at radius 2 is 1.83 bits per heavy atom. The highest BCUT2D eigenvalue weighted by molar-refractivity contribution is 7.92. The van der Waals surface area contributed by atoms with Crippen LogP contribution in [0.25, 0.3) is 6.08 Å². The van der Waals surface area contributed by atoms with Gasteiger partial charge in [0.2, 0.25) is 5.91 Å². The molecule has 0 fully saturated rings. The Morgan fingerprint density at radius 1 is 1.13 bits per heavy atom. The summed E-state index contributed by atoms with van der Waals surface area (Å²) in [6.45, 7) is 1.18. The number of ether oxygens (including phenoxy) is 2. The third-order valence-corrected chi connectivity index (χ3v) is 5.09. The molecule has 0 spiro atoms. The number of carbonyl (C=O) groups excluding carboxylic acids is 1. The minimum Gasteiger partial charge on any atom is -0.493 e. The Kier molecular flexibility index (Phi) is 7.01. The molecule has 160 valence electrons. The maximum Gasteiger partial charge on any atom is 0.328 e. The van der Waals surface area contributed by atoms with Gasteiger partial charge in [-0.05, 0) is 42.0 Å². The first-order valence-electron chi connectivity index (χ1n) is 8.34. The van der Waals surface area contributed by atoms with Crippen molar-refractivity contribution in [1.82, 2.24) is 0 Å². The summed E-state index contributed by atoms with van der Waals surface area (Å²) in [5.74, 6) is -2.54. The molecular formula is C19H19FN2O7S. The fraction of sp³-hybridized carbons (Fsp3) is 0.158. The SMILES string of the molecule is COc1cc(/C=C/C(=O)O)cc(S(=O)(=O)Nc2ccc(F)c(NC(C)=O)c2)c1OC. The molecule has 2 rings (SSSR count). The Hall–Kier alpha value is -3.60. The zero-order chi connectivity index (χ0) is 22.5. The molecule has 1 amide bonds. The molecule has 0 unspecified atom stereocenters. The average Bonchev–Trinajstić information content (AvgIpc) is 2.67. The van der Waals surface area contributed by atoms with Crippen molar-refractivity contribution < 1.29 is 37.0 Å². The van der Waals surface area contributed by atoms with Crippen LogP contribution >= 0.6 is 0 Å². The Balaban J connectivity index is 2.54. The van der Waals surface area contributed by atoms with Crippen molar-refractivity contribution in [3.63, 3.8) is 0 Å². The van der Waals surface area contributed by atoms with Gasteiger partial charge >= 0.3 is 5.97 Å². The third kappa shape index (κ3) is 5.47. The van der Waals surface area contributed by atoms with Crippen LogP contribution in [0, 0.1) is 5.82 Å². The molecule has 11 heteroatoms. The lowest BCUT2D eigenvalue weighted by atomic mass is 10.2. The zero-order valence-electron chi connectivity index (χ0n) is 16.2. The second-order valence-electron chi connectivity index (χ2n) is 5.91. The number of amides is 1. The number of carboxylic acid groups (broad SMARTS) is 1. The molecular weight excluding hydrogens is 419 g/mol. The number of halogens is 1. The normalized spacial score (nSPS) is 11.2. The largest absolute Gasteiger partial charge is 0.493 e. The minimum absolute atomic E-state index is 0.0207. The van der Waals surface area contributed by atoms with E-state index in [-0.39, 0.29) is 33.3 Å². The minimum atomic E-state index is -4.28. The molecule has 0 aliphatic heterocycles. The van der Waals surface area contributed by atoms with Crippen LogP contribution in [0.3, 0.4) is 0 Å². The molecule has 9 nitrogen and oxygen atoms in total. The number of hydrogen-bond acceptors (Lipinski definition) is 6. The lowest BCUT2D eigenvalue weighted by Crippen LogP contribution is -2.15. The Labute approximate surface area is 172 Å². The van der Waals surface area contributed by atoms with E-state index < -0.39 is 27.7 Å². The summed E-state index contributed by atoms with van der Waals surface area (Å²) >= 11 is 0. The lowest BCUT2D eigenvalue weighted by Gasteiger charge is -2.16. The predicted octanol–water partition coefficient (Wildman–Crippen LogP) is 2.70. The van der Waals surface area contributed by atoms with Crippen LogP contribution in [0.5, 0.6) is 11.5 Å². The van der Waals surface area contributed by atoms with E-state index in [0.29, 0.717) is 0 Å². The number of nitrogens with one attached hydrogen (secondary N) is 2. The molecule has 30 heavy (non-hydrogen) atoms. The second-order valence-corrected chi connectivity index (χ2v) is 7.56. The van der Waals surface area contributed by atoms with Crippen molar-refractivity contribution in [3.05, 3.63) is 47.8 Å². The average molecular weight is 438 g/mol. The topological polar surface area (TPSA) is 131 Å². The number of sulfonamides is 1. The van der Waals surface area contributed by atoms with Crippen LogP contribution < -0.4 is 19.5 Å². The van der Waals surface area contributed by atoms with E-state index in [4.69, 9.17) is 14.6 Å². The molecule has 2 aromatic rings. The van der Waals surface area contributed by atoms with Crippen molar-refractivity contribution >= 4 is 39.4 Å². The van der Waals surface area contributed by atoms with Gasteiger partial charge in [0.1, 0.15) is 10.7 Å². The van der Waals surface area contributed by atoms with E-state index in [9.17, 15) is 22.4 Å². The Bertz CT molecular complexity index is 1110. The zero-order valence-corrected chi connectivity index (χ0v) is 17.0. The number of carbonyl (C=O) groups is 2. The maximum absolute atomic E-state index is 13.8. The van der Waals surface area contributed by atoms with E-state index in [1.165, 1.54) is 45.4 Å². The van der Waals surface area contributed by atoms with Gasteiger partial charge in [-0.15, -0.1) is 0 Å². The molecule has 0 atom stereocenters. The van der Waals surface area contributed by atoms with E-state index in [1.54, 1.807) is 0 Å². The van der Waals surface area contributed by atoms with Crippen molar-refractivity contribution in [2.24, 2.45) is 0 Å². The summed E-state index contributed by atoms with van der Waals surface area (Å²) in [6.07, 6.45) is 2.03. The number of carboxylic acids is 1. The van der Waals surface area contributed by atoms with Crippen molar-refractivity contribution in [2.75, 3.05) is 24.3 Å². The monoisotopic (exact) mass is 438 g/mol. The highest BCUT2D eigenvalue weighted by Crippen LogP contribution is 2.37. The van der Waals surface area contributed by atoms with Crippen LogP contribution in [0.15, 0.2) is 41.3 Å². The van der Waals surface area contributed by atoms with Crippen molar-refractivity contribution in [2.45, 2.75) is 11.8 Å². The van der Waals surface area contributed by atoms with Gasteiger partial charge < -0.3 is 19.9 Å². The number of hydrogen-bond donors (Lipinski definition) is 3. The smallest absolute Gasteiger partial charge is 0.328 e. The van der Waals surface area contributed by atoms with Crippen LogP contribution in [-0.4, -0.2) is 39.6 Å². The van der Waals surface area contributed by atoms with Gasteiger partial charge in [-0.25, -0.2) is 17.6 Å². The number of methoxy groups -OCH3 is 2. The van der Waals surface area contributed by atoms with E-state index in [1.807, 2.05) is 0 Å². The standard InChI is InChI=1S/C19H19FN2O7S/c1-11(23)21-15-10-13(5-6-14(15)20)22-30(26,27)17-9-12(4-7-18(24)25)8-16(28-2)19(17)29-3/h4-10,22H,1-3H3,(H,21,23)(H,24,25)/b7-4+. The molecule has 0 heterocycles.